The number of hydrogen-bond acceptors (Lipinski definition) is 6. The Bertz CT molecular complexity index is 194. The van der Waals surface area contributed by atoms with Crippen LogP contribution >= 0.6 is 41.6 Å². The van der Waals surface area contributed by atoms with Crippen LogP contribution in [0.1, 0.15) is 39.5 Å². The highest BCUT2D eigenvalue weighted by Gasteiger charge is 2.01. The van der Waals surface area contributed by atoms with Gasteiger partial charge in [0, 0.05) is 54.5 Å². The van der Waals surface area contributed by atoms with E-state index in [1.54, 1.807) is 0 Å². The molecule has 0 rings (SSSR count). The van der Waals surface area contributed by atoms with Gasteiger partial charge in [0.25, 0.3) is 0 Å². The minimum Gasteiger partial charge on any atom is -0.290 e. The summed E-state index contributed by atoms with van der Waals surface area (Å²) in [4.78, 5) is 22.1. The summed E-state index contributed by atoms with van der Waals surface area (Å²) in [6, 6.07) is 0. The first-order chi connectivity index (χ1) is 7.70. The van der Waals surface area contributed by atoms with Crippen molar-refractivity contribution in [2.45, 2.75) is 39.5 Å². The van der Waals surface area contributed by atoms with E-state index in [2.05, 4.69) is 9.44 Å². The van der Waals surface area contributed by atoms with Crippen LogP contribution in [0.3, 0.4) is 0 Å². The van der Waals surface area contributed by atoms with Gasteiger partial charge >= 0.3 is 0 Å². The maximum absolute atomic E-state index is 11.0. The van der Waals surface area contributed by atoms with E-state index in [-0.39, 0.29) is 11.8 Å². The quantitative estimate of drug-likeness (QED) is 0.387. The molecular formula is C8H16N2O2S4. The van der Waals surface area contributed by atoms with Crippen LogP contribution in [0.5, 0.6) is 0 Å². The molecular weight excluding hydrogens is 284 g/mol. The maximum Gasteiger partial charge on any atom is 0.230 e. The normalized spacial score (nSPS) is 9.88. The fraction of sp³-hybridized carbons (Fsp3) is 0.750. The molecule has 8 heteroatoms. The molecule has 0 aliphatic carbocycles. The van der Waals surface area contributed by atoms with Gasteiger partial charge < -0.3 is 0 Å². The molecule has 4 nitrogen and oxygen atoms in total. The Labute approximate surface area is 112 Å². The largest absolute Gasteiger partial charge is 0.290 e. The van der Waals surface area contributed by atoms with Crippen molar-refractivity contribution in [2.24, 2.45) is 0 Å². The molecule has 0 spiro atoms. The lowest BCUT2D eigenvalue weighted by Crippen LogP contribution is -2.13. The highest BCUT2D eigenvalue weighted by atomic mass is 33.7. The van der Waals surface area contributed by atoms with Crippen molar-refractivity contribution in [3.63, 3.8) is 0 Å². The Morgan fingerprint density at radius 1 is 0.875 bits per heavy atom. The zero-order valence-corrected chi connectivity index (χ0v) is 12.5. The molecule has 0 unspecified atom stereocenters. The molecule has 0 saturated heterocycles. The third kappa shape index (κ3) is 10.8. The highest BCUT2D eigenvalue weighted by Crippen LogP contribution is 2.39. The van der Waals surface area contributed by atoms with Gasteiger partial charge in [-0.2, -0.15) is 0 Å². The first kappa shape index (κ1) is 16.3. The summed E-state index contributed by atoms with van der Waals surface area (Å²) in [6.07, 6.45) is 2.81. The maximum atomic E-state index is 11.0. The summed E-state index contributed by atoms with van der Waals surface area (Å²) in [5.74, 6) is 0.0845. The monoisotopic (exact) mass is 300 g/mol. The molecule has 0 radical (unpaired) electrons. The summed E-state index contributed by atoms with van der Waals surface area (Å²) in [5.41, 5.74) is 0. The van der Waals surface area contributed by atoms with Crippen molar-refractivity contribution < 1.29 is 9.59 Å². The second kappa shape index (κ2) is 11.8. The lowest BCUT2D eigenvalue weighted by atomic mass is 10.3. The van der Waals surface area contributed by atoms with Crippen molar-refractivity contribution in [3.05, 3.63) is 0 Å². The van der Waals surface area contributed by atoms with Crippen LogP contribution < -0.4 is 9.44 Å². The van der Waals surface area contributed by atoms with Gasteiger partial charge in [0.2, 0.25) is 11.8 Å². The zero-order valence-electron chi connectivity index (χ0n) is 9.28. The highest BCUT2D eigenvalue weighted by molar-refractivity contribution is 9.25. The molecule has 0 fully saturated rings. The molecule has 0 bridgehead atoms. The van der Waals surface area contributed by atoms with E-state index >= 15 is 0 Å². The van der Waals surface area contributed by atoms with Gasteiger partial charge in [-0.25, -0.2) is 0 Å². The number of rotatable bonds is 9. The lowest BCUT2D eigenvalue weighted by Gasteiger charge is -2.02. The van der Waals surface area contributed by atoms with Crippen LogP contribution in [-0.2, 0) is 9.59 Å². The molecule has 0 aromatic rings. The molecule has 94 valence electrons. The molecule has 16 heavy (non-hydrogen) atoms. The number of hydrogen-bond donors (Lipinski definition) is 2. The molecule has 0 aliphatic rings. The average Bonchev–Trinajstić information content (AvgIpc) is 2.24. The van der Waals surface area contributed by atoms with Crippen molar-refractivity contribution in [1.82, 2.24) is 9.44 Å². The van der Waals surface area contributed by atoms with Gasteiger partial charge in [-0.05, 0) is 12.8 Å². The fourth-order valence-corrected chi connectivity index (χ4v) is 4.77. The predicted octanol–water partition coefficient (Wildman–Crippen LogP) is 3.33. The molecule has 2 N–H and O–H groups in total. The first-order valence-electron chi connectivity index (χ1n) is 4.94. The van der Waals surface area contributed by atoms with E-state index in [0.717, 1.165) is 12.8 Å². The van der Waals surface area contributed by atoms with Crippen LogP contribution in [-0.4, -0.2) is 11.8 Å². The Hall–Kier alpha value is 0.340. The van der Waals surface area contributed by atoms with Gasteiger partial charge in [-0.3, -0.25) is 19.0 Å². The van der Waals surface area contributed by atoms with Gasteiger partial charge in [0.1, 0.15) is 0 Å². The number of carbonyl (C=O) groups is 2. The Morgan fingerprint density at radius 3 is 1.56 bits per heavy atom. The molecule has 0 heterocycles. The molecule has 0 aromatic heterocycles. The van der Waals surface area contributed by atoms with E-state index in [0.29, 0.717) is 12.8 Å². The Morgan fingerprint density at radius 2 is 1.25 bits per heavy atom. The molecule has 0 aromatic carbocycles. The Kier molecular flexibility index (Phi) is 12.1. The van der Waals surface area contributed by atoms with Gasteiger partial charge in [0.05, 0.1) is 0 Å². The molecule has 0 atom stereocenters. The fourth-order valence-electron chi connectivity index (χ4n) is 0.711. The van der Waals surface area contributed by atoms with Crippen molar-refractivity contribution in [3.8, 4) is 0 Å². The van der Waals surface area contributed by atoms with Crippen molar-refractivity contribution >= 4 is 53.4 Å². The van der Waals surface area contributed by atoms with Gasteiger partial charge in [-0.1, -0.05) is 13.8 Å². The zero-order chi connectivity index (χ0) is 12.2. The van der Waals surface area contributed by atoms with E-state index in [4.69, 9.17) is 0 Å². The Balaban J connectivity index is 3.21. The second-order valence-electron chi connectivity index (χ2n) is 2.85. The van der Waals surface area contributed by atoms with Crippen molar-refractivity contribution in [1.29, 1.82) is 0 Å². The van der Waals surface area contributed by atoms with Crippen LogP contribution in [0.15, 0.2) is 0 Å². The van der Waals surface area contributed by atoms with Crippen LogP contribution in [0.2, 0.25) is 0 Å². The lowest BCUT2D eigenvalue weighted by molar-refractivity contribution is -0.120. The molecule has 2 amide bonds. The summed E-state index contributed by atoms with van der Waals surface area (Å²) in [7, 11) is 5.38. The minimum absolute atomic E-state index is 0.0422. The first-order valence-corrected chi connectivity index (χ1v) is 9.75. The average molecular weight is 300 g/mol. The smallest absolute Gasteiger partial charge is 0.230 e. The SMILES string of the molecule is CCCC(=O)NSSSSNC(=O)CCC. The van der Waals surface area contributed by atoms with Crippen molar-refractivity contribution in [2.75, 3.05) is 0 Å². The van der Waals surface area contributed by atoms with Crippen LogP contribution in [0.25, 0.3) is 0 Å². The number of amides is 2. The van der Waals surface area contributed by atoms with Gasteiger partial charge in [-0.15, -0.1) is 0 Å². The predicted molar refractivity (Wildman–Crippen MR) is 76.5 cm³/mol. The van der Waals surface area contributed by atoms with E-state index < -0.39 is 0 Å². The van der Waals surface area contributed by atoms with E-state index in [1.807, 2.05) is 13.8 Å². The van der Waals surface area contributed by atoms with E-state index in [9.17, 15) is 9.59 Å². The molecule has 0 saturated carbocycles. The summed E-state index contributed by atoms with van der Waals surface area (Å²) in [5, 5.41) is 0. The minimum atomic E-state index is 0.0422. The third-order valence-electron chi connectivity index (χ3n) is 1.36. The second-order valence-corrected chi connectivity index (χ2v) is 8.13. The van der Waals surface area contributed by atoms with Crippen LogP contribution in [0.4, 0.5) is 0 Å². The number of carbonyl (C=O) groups excluding carboxylic acids is 2. The van der Waals surface area contributed by atoms with Crippen LogP contribution in [0, 0.1) is 0 Å². The third-order valence-corrected chi connectivity index (χ3v) is 6.47. The van der Waals surface area contributed by atoms with E-state index in [1.165, 1.54) is 41.6 Å². The topological polar surface area (TPSA) is 58.2 Å². The number of nitrogens with one attached hydrogen (secondary N) is 2. The summed E-state index contributed by atoms with van der Waals surface area (Å²) >= 11 is 0. The standard InChI is InChI=1S/C8H16N2O2S4/c1-3-5-7(11)9-13-15-16-14-10-8(12)6-4-2/h3-6H2,1-2H3,(H,9,11)(H,10,12). The molecule has 0 aliphatic heterocycles. The summed E-state index contributed by atoms with van der Waals surface area (Å²) in [6.45, 7) is 3.93. The van der Waals surface area contributed by atoms with Gasteiger partial charge in [0.15, 0.2) is 0 Å². The summed E-state index contributed by atoms with van der Waals surface area (Å²) < 4.78 is 5.38.